The maximum Gasteiger partial charge on any atom is 0.0931 e. The van der Waals surface area contributed by atoms with Crippen molar-refractivity contribution in [2.75, 3.05) is 32.7 Å². The lowest BCUT2D eigenvalue weighted by Gasteiger charge is -2.42. The molecule has 5 heteroatoms. The van der Waals surface area contributed by atoms with Crippen molar-refractivity contribution in [3.05, 3.63) is 21.3 Å². The van der Waals surface area contributed by atoms with Crippen LogP contribution in [-0.2, 0) is 6.54 Å². The molecule has 0 aromatic carbocycles. The van der Waals surface area contributed by atoms with Crippen LogP contribution in [0.2, 0.25) is 4.34 Å². The first-order valence-electron chi connectivity index (χ1n) is 7.65. The van der Waals surface area contributed by atoms with E-state index in [2.05, 4.69) is 28.1 Å². The average molecular weight is 314 g/mol. The van der Waals surface area contributed by atoms with Gasteiger partial charge in [-0.05, 0) is 38.4 Å². The monoisotopic (exact) mass is 313 g/mol. The van der Waals surface area contributed by atoms with Gasteiger partial charge in [0.1, 0.15) is 0 Å². The standard InChI is InChI=1S/C15H24ClN3S/c1-12-10-19-7-2-3-13(19)11-18(12)8-6-17-9-14-4-5-15(16)20-14/h4-5,12-13,17H,2-3,6-11H2,1H3. The lowest BCUT2D eigenvalue weighted by Crippen LogP contribution is -2.55. The Morgan fingerprint density at radius 2 is 2.30 bits per heavy atom. The summed E-state index contributed by atoms with van der Waals surface area (Å²) in [6.45, 7) is 9.36. The summed E-state index contributed by atoms with van der Waals surface area (Å²) in [5.41, 5.74) is 0. The fourth-order valence-electron chi connectivity index (χ4n) is 3.44. The van der Waals surface area contributed by atoms with Crippen LogP contribution in [0.5, 0.6) is 0 Å². The number of thiophene rings is 1. The van der Waals surface area contributed by atoms with Crippen molar-refractivity contribution >= 4 is 22.9 Å². The number of nitrogens with zero attached hydrogens (tertiary/aromatic N) is 2. The van der Waals surface area contributed by atoms with Gasteiger partial charge in [0.15, 0.2) is 0 Å². The summed E-state index contributed by atoms with van der Waals surface area (Å²) >= 11 is 7.61. The van der Waals surface area contributed by atoms with Crippen molar-refractivity contribution in [2.45, 2.75) is 38.4 Å². The summed E-state index contributed by atoms with van der Waals surface area (Å²) < 4.78 is 0.882. The van der Waals surface area contributed by atoms with Crippen molar-refractivity contribution in [1.82, 2.24) is 15.1 Å². The maximum absolute atomic E-state index is 5.94. The van der Waals surface area contributed by atoms with Crippen LogP contribution < -0.4 is 5.32 Å². The van der Waals surface area contributed by atoms with Gasteiger partial charge in [-0.2, -0.15) is 0 Å². The largest absolute Gasteiger partial charge is 0.311 e. The molecule has 3 rings (SSSR count). The summed E-state index contributed by atoms with van der Waals surface area (Å²) in [5, 5.41) is 3.54. The number of piperazine rings is 1. The smallest absolute Gasteiger partial charge is 0.0931 e. The Morgan fingerprint density at radius 3 is 3.10 bits per heavy atom. The molecule has 1 aromatic heterocycles. The van der Waals surface area contributed by atoms with Crippen LogP contribution in [0.15, 0.2) is 12.1 Å². The summed E-state index contributed by atoms with van der Waals surface area (Å²) in [4.78, 5) is 6.66. The minimum absolute atomic E-state index is 0.697. The van der Waals surface area contributed by atoms with Gasteiger partial charge in [-0.3, -0.25) is 9.80 Å². The molecule has 0 amide bonds. The molecular formula is C15H24ClN3S. The molecule has 0 spiro atoms. The summed E-state index contributed by atoms with van der Waals surface area (Å²) in [6.07, 6.45) is 2.78. The van der Waals surface area contributed by atoms with E-state index in [1.54, 1.807) is 11.3 Å². The zero-order valence-corrected chi connectivity index (χ0v) is 13.7. The number of hydrogen-bond donors (Lipinski definition) is 1. The SMILES string of the molecule is CC1CN2CCCC2CN1CCNCc1ccc(Cl)s1. The molecule has 1 N–H and O–H groups in total. The van der Waals surface area contributed by atoms with Crippen LogP contribution >= 0.6 is 22.9 Å². The van der Waals surface area contributed by atoms with Gasteiger partial charge in [0.2, 0.25) is 0 Å². The summed E-state index contributed by atoms with van der Waals surface area (Å²) in [6, 6.07) is 5.61. The molecule has 0 aliphatic carbocycles. The van der Waals surface area contributed by atoms with Gasteiger partial charge in [0.25, 0.3) is 0 Å². The molecule has 2 aliphatic rings. The van der Waals surface area contributed by atoms with Crippen molar-refractivity contribution in [3.8, 4) is 0 Å². The van der Waals surface area contributed by atoms with Crippen molar-refractivity contribution in [2.24, 2.45) is 0 Å². The lowest BCUT2D eigenvalue weighted by molar-refractivity contribution is 0.0603. The molecule has 2 aliphatic heterocycles. The zero-order valence-electron chi connectivity index (χ0n) is 12.1. The van der Waals surface area contributed by atoms with Crippen LogP contribution in [0.3, 0.4) is 0 Å². The Labute approximate surface area is 130 Å². The Balaban J connectivity index is 1.39. The molecule has 2 fully saturated rings. The molecule has 20 heavy (non-hydrogen) atoms. The van der Waals surface area contributed by atoms with Gasteiger partial charge in [0, 0.05) is 49.7 Å². The highest BCUT2D eigenvalue weighted by Gasteiger charge is 2.33. The highest BCUT2D eigenvalue weighted by atomic mass is 35.5. The van der Waals surface area contributed by atoms with Gasteiger partial charge >= 0.3 is 0 Å². The van der Waals surface area contributed by atoms with Crippen LogP contribution in [0.1, 0.15) is 24.6 Å². The number of fused-ring (bicyclic) bond motifs is 1. The fraction of sp³-hybridized carbons (Fsp3) is 0.733. The van der Waals surface area contributed by atoms with Crippen molar-refractivity contribution in [1.29, 1.82) is 0 Å². The van der Waals surface area contributed by atoms with E-state index >= 15 is 0 Å². The predicted octanol–water partition coefficient (Wildman–Crippen LogP) is 2.66. The Morgan fingerprint density at radius 1 is 1.40 bits per heavy atom. The highest BCUT2D eigenvalue weighted by Crippen LogP contribution is 2.24. The molecule has 0 saturated carbocycles. The van der Waals surface area contributed by atoms with E-state index in [0.717, 1.165) is 30.0 Å². The molecule has 1 aromatic rings. The normalized spacial score (nSPS) is 27.9. The fourth-order valence-corrected chi connectivity index (χ4v) is 4.50. The van der Waals surface area contributed by atoms with Gasteiger partial charge in [-0.25, -0.2) is 0 Å². The minimum atomic E-state index is 0.697. The first kappa shape index (κ1) is 14.8. The zero-order chi connectivity index (χ0) is 13.9. The third kappa shape index (κ3) is 3.55. The van der Waals surface area contributed by atoms with Crippen LogP contribution in [0.4, 0.5) is 0 Å². The predicted molar refractivity (Wildman–Crippen MR) is 86.7 cm³/mol. The van der Waals surface area contributed by atoms with E-state index in [1.165, 1.54) is 37.4 Å². The van der Waals surface area contributed by atoms with E-state index in [9.17, 15) is 0 Å². The highest BCUT2D eigenvalue weighted by molar-refractivity contribution is 7.16. The molecule has 3 nitrogen and oxygen atoms in total. The molecule has 2 unspecified atom stereocenters. The Hall–Kier alpha value is -0.130. The van der Waals surface area contributed by atoms with E-state index in [-0.39, 0.29) is 0 Å². The first-order valence-corrected chi connectivity index (χ1v) is 8.85. The molecule has 0 radical (unpaired) electrons. The van der Waals surface area contributed by atoms with Crippen LogP contribution in [0.25, 0.3) is 0 Å². The number of halogens is 1. The minimum Gasteiger partial charge on any atom is -0.311 e. The topological polar surface area (TPSA) is 18.5 Å². The second kappa shape index (κ2) is 6.75. The molecule has 112 valence electrons. The van der Waals surface area contributed by atoms with Crippen molar-refractivity contribution in [3.63, 3.8) is 0 Å². The van der Waals surface area contributed by atoms with Gasteiger partial charge in [0.05, 0.1) is 4.34 Å². The van der Waals surface area contributed by atoms with E-state index in [4.69, 9.17) is 11.6 Å². The lowest BCUT2D eigenvalue weighted by atomic mass is 10.1. The molecule has 3 heterocycles. The van der Waals surface area contributed by atoms with E-state index in [0.29, 0.717) is 6.04 Å². The third-order valence-corrected chi connectivity index (χ3v) is 5.80. The van der Waals surface area contributed by atoms with Gasteiger partial charge in [-0.1, -0.05) is 11.6 Å². The van der Waals surface area contributed by atoms with Crippen LogP contribution in [0, 0.1) is 0 Å². The second-order valence-corrected chi connectivity index (χ2v) is 7.82. The summed E-state index contributed by atoms with van der Waals surface area (Å²) in [7, 11) is 0. The summed E-state index contributed by atoms with van der Waals surface area (Å²) in [5.74, 6) is 0. The Kier molecular flexibility index (Phi) is 5.00. The molecule has 0 bridgehead atoms. The average Bonchev–Trinajstić information content (AvgIpc) is 3.03. The van der Waals surface area contributed by atoms with Crippen molar-refractivity contribution < 1.29 is 0 Å². The maximum atomic E-state index is 5.94. The first-order chi connectivity index (χ1) is 9.72. The molecule has 2 saturated heterocycles. The number of rotatable bonds is 5. The number of hydrogen-bond acceptors (Lipinski definition) is 4. The molecular weight excluding hydrogens is 290 g/mol. The second-order valence-electron chi connectivity index (χ2n) is 6.02. The molecule has 2 atom stereocenters. The number of nitrogens with one attached hydrogen (secondary N) is 1. The van der Waals surface area contributed by atoms with E-state index < -0.39 is 0 Å². The van der Waals surface area contributed by atoms with Gasteiger partial charge < -0.3 is 5.32 Å². The quantitative estimate of drug-likeness (QED) is 0.843. The van der Waals surface area contributed by atoms with Gasteiger partial charge in [-0.15, -0.1) is 11.3 Å². The Bertz CT molecular complexity index is 437. The van der Waals surface area contributed by atoms with Crippen LogP contribution in [-0.4, -0.2) is 54.6 Å². The third-order valence-electron chi connectivity index (χ3n) is 4.57. The van der Waals surface area contributed by atoms with E-state index in [1.807, 2.05) is 6.07 Å².